The highest BCUT2D eigenvalue weighted by Crippen LogP contribution is 2.19. The number of aromatic nitrogens is 1. The first-order valence-electron chi connectivity index (χ1n) is 12.3. The number of carboxylic acids is 2. The van der Waals surface area contributed by atoms with Gasteiger partial charge in [-0.1, -0.05) is 18.2 Å². The van der Waals surface area contributed by atoms with Gasteiger partial charge in [0.15, 0.2) is 0 Å². The van der Waals surface area contributed by atoms with Crippen molar-refractivity contribution >= 4 is 52.3 Å². The second-order valence-electron chi connectivity index (χ2n) is 9.07. The van der Waals surface area contributed by atoms with Crippen LogP contribution in [0.15, 0.2) is 30.5 Å². The standard InChI is InChI=1S/C25H35N5O8S/c1-13(31)21(26)24(36)28-17(9-10-39-2)22(34)30-19(11-14-12-27-16-6-4-3-5-15(14)16)23(35)29-18(25(37)38)7-8-20(32)33/h3-6,12-13,17-19,21,27,31H,7-11,26H2,1-2H3,(H,28,36)(H,29,35)(H,30,34)(H,32,33)(H,37,38). The number of rotatable bonds is 16. The lowest BCUT2D eigenvalue weighted by molar-refractivity contribution is -0.143. The molecule has 1 heterocycles. The van der Waals surface area contributed by atoms with Gasteiger partial charge < -0.3 is 42.0 Å². The van der Waals surface area contributed by atoms with Crippen LogP contribution < -0.4 is 21.7 Å². The Morgan fingerprint density at radius 2 is 1.56 bits per heavy atom. The lowest BCUT2D eigenvalue weighted by Crippen LogP contribution is -2.58. The molecular weight excluding hydrogens is 530 g/mol. The summed E-state index contributed by atoms with van der Waals surface area (Å²) < 4.78 is 0. The van der Waals surface area contributed by atoms with Crippen molar-refractivity contribution < 1.29 is 39.3 Å². The van der Waals surface area contributed by atoms with Crippen molar-refractivity contribution in [3.8, 4) is 0 Å². The summed E-state index contributed by atoms with van der Waals surface area (Å²) in [6, 6.07) is 2.17. The Kier molecular flexibility index (Phi) is 12.2. The minimum Gasteiger partial charge on any atom is -0.481 e. The molecule has 1 aromatic carbocycles. The fraction of sp³-hybridized carbons (Fsp3) is 0.480. The highest BCUT2D eigenvalue weighted by Gasteiger charge is 2.31. The number of aliphatic carboxylic acids is 2. The van der Waals surface area contributed by atoms with Gasteiger partial charge in [0.05, 0.1) is 6.10 Å². The largest absolute Gasteiger partial charge is 0.481 e. The molecule has 0 saturated heterocycles. The van der Waals surface area contributed by atoms with Crippen molar-refractivity contribution in [3.63, 3.8) is 0 Å². The number of carboxylic acid groups (broad SMARTS) is 2. The Morgan fingerprint density at radius 3 is 2.18 bits per heavy atom. The van der Waals surface area contributed by atoms with E-state index in [0.717, 1.165) is 10.9 Å². The topological polar surface area (TPSA) is 224 Å². The third kappa shape index (κ3) is 9.57. The van der Waals surface area contributed by atoms with Crippen LogP contribution in [0.3, 0.4) is 0 Å². The van der Waals surface area contributed by atoms with E-state index in [1.165, 1.54) is 18.7 Å². The average molecular weight is 566 g/mol. The number of aliphatic hydroxyl groups excluding tert-OH is 1. The molecule has 0 aliphatic carbocycles. The van der Waals surface area contributed by atoms with E-state index < -0.39 is 66.4 Å². The molecule has 1 aromatic heterocycles. The highest BCUT2D eigenvalue weighted by atomic mass is 32.2. The van der Waals surface area contributed by atoms with Crippen LogP contribution in [0.5, 0.6) is 0 Å². The lowest BCUT2D eigenvalue weighted by Gasteiger charge is -2.25. The van der Waals surface area contributed by atoms with Crippen molar-refractivity contribution in [2.45, 2.75) is 62.9 Å². The molecule has 14 heteroatoms. The molecule has 0 aliphatic rings. The van der Waals surface area contributed by atoms with E-state index in [1.54, 1.807) is 12.3 Å². The predicted octanol–water partition coefficient (Wildman–Crippen LogP) is -0.425. The second-order valence-corrected chi connectivity index (χ2v) is 10.1. The number of nitrogens with one attached hydrogen (secondary N) is 4. The molecule has 13 nitrogen and oxygen atoms in total. The molecule has 3 amide bonds. The lowest BCUT2D eigenvalue weighted by atomic mass is 10.0. The normalized spacial score (nSPS) is 15.0. The molecule has 0 radical (unpaired) electrons. The maximum Gasteiger partial charge on any atom is 0.326 e. The fourth-order valence-electron chi connectivity index (χ4n) is 3.79. The van der Waals surface area contributed by atoms with E-state index in [1.807, 2.05) is 24.5 Å². The summed E-state index contributed by atoms with van der Waals surface area (Å²) in [6.45, 7) is 1.34. The summed E-state index contributed by atoms with van der Waals surface area (Å²) in [6.07, 6.45) is 1.66. The number of aliphatic hydroxyl groups is 1. The number of carbonyl (C=O) groups excluding carboxylic acids is 3. The van der Waals surface area contributed by atoms with Gasteiger partial charge >= 0.3 is 11.9 Å². The molecule has 5 unspecified atom stereocenters. The third-order valence-corrected chi connectivity index (χ3v) is 6.70. The first-order chi connectivity index (χ1) is 18.4. The Labute approximate surface area is 229 Å². The second kappa shape index (κ2) is 15.1. The Hall–Kier alpha value is -3.62. The summed E-state index contributed by atoms with van der Waals surface area (Å²) in [7, 11) is 0. The number of H-pyrrole nitrogens is 1. The zero-order chi connectivity index (χ0) is 29.1. The molecule has 0 fully saturated rings. The van der Waals surface area contributed by atoms with Crippen LogP contribution in [-0.2, 0) is 30.4 Å². The maximum atomic E-state index is 13.3. The SMILES string of the molecule is CSCCC(NC(=O)C(N)C(C)O)C(=O)NC(Cc1c[nH]c2ccccc12)C(=O)NC(CCC(=O)O)C(=O)O. The Balaban J connectivity index is 2.32. The van der Waals surface area contributed by atoms with E-state index in [-0.39, 0.29) is 19.3 Å². The van der Waals surface area contributed by atoms with Crippen LogP contribution in [0, 0.1) is 0 Å². The molecule has 0 spiro atoms. The van der Waals surface area contributed by atoms with Gasteiger partial charge in [0.2, 0.25) is 17.7 Å². The zero-order valence-electron chi connectivity index (χ0n) is 21.7. The maximum absolute atomic E-state index is 13.3. The van der Waals surface area contributed by atoms with Crippen molar-refractivity contribution in [1.82, 2.24) is 20.9 Å². The monoisotopic (exact) mass is 565 g/mol. The van der Waals surface area contributed by atoms with Gasteiger partial charge in [-0.2, -0.15) is 11.8 Å². The van der Waals surface area contributed by atoms with Crippen LogP contribution in [0.1, 0.15) is 31.7 Å². The Morgan fingerprint density at radius 1 is 0.949 bits per heavy atom. The first-order valence-corrected chi connectivity index (χ1v) is 13.7. The van der Waals surface area contributed by atoms with Crippen molar-refractivity contribution in [2.24, 2.45) is 5.73 Å². The van der Waals surface area contributed by atoms with Gasteiger partial charge in [0.25, 0.3) is 0 Å². The van der Waals surface area contributed by atoms with Crippen LogP contribution in [-0.4, -0.2) is 92.2 Å². The van der Waals surface area contributed by atoms with Crippen molar-refractivity contribution in [3.05, 3.63) is 36.0 Å². The molecule has 5 atom stereocenters. The van der Waals surface area contributed by atoms with Crippen molar-refractivity contribution in [1.29, 1.82) is 0 Å². The van der Waals surface area contributed by atoms with Gasteiger partial charge in [-0.05, 0) is 43.4 Å². The number of para-hydroxylation sites is 1. The average Bonchev–Trinajstić information content (AvgIpc) is 3.30. The number of thioether (sulfide) groups is 1. The van der Waals surface area contributed by atoms with Gasteiger partial charge in [-0.15, -0.1) is 0 Å². The summed E-state index contributed by atoms with van der Waals surface area (Å²) in [5.41, 5.74) is 7.16. The molecule has 214 valence electrons. The van der Waals surface area contributed by atoms with E-state index in [9.17, 15) is 34.2 Å². The van der Waals surface area contributed by atoms with Crippen LogP contribution in [0.2, 0.25) is 0 Å². The number of hydrogen-bond donors (Lipinski definition) is 8. The number of amides is 3. The smallest absolute Gasteiger partial charge is 0.326 e. The van der Waals surface area contributed by atoms with Gasteiger partial charge in [-0.25, -0.2) is 4.79 Å². The minimum absolute atomic E-state index is 0.0246. The third-order valence-electron chi connectivity index (χ3n) is 6.06. The molecular formula is C25H35N5O8S. The molecule has 9 N–H and O–H groups in total. The van der Waals surface area contributed by atoms with Crippen molar-refractivity contribution in [2.75, 3.05) is 12.0 Å². The molecule has 0 bridgehead atoms. The Bertz CT molecular complexity index is 1170. The van der Waals surface area contributed by atoms with Gasteiger partial charge in [0.1, 0.15) is 24.2 Å². The predicted molar refractivity (Wildman–Crippen MR) is 145 cm³/mol. The molecule has 39 heavy (non-hydrogen) atoms. The number of benzene rings is 1. The number of aromatic amines is 1. The molecule has 0 aliphatic heterocycles. The zero-order valence-corrected chi connectivity index (χ0v) is 22.5. The summed E-state index contributed by atoms with van der Waals surface area (Å²) in [4.78, 5) is 64.7. The minimum atomic E-state index is -1.49. The summed E-state index contributed by atoms with van der Waals surface area (Å²) in [5, 5.41) is 36.3. The fourth-order valence-corrected chi connectivity index (χ4v) is 4.26. The number of carbonyl (C=O) groups is 5. The van der Waals surface area contributed by atoms with Gasteiger partial charge in [-0.3, -0.25) is 19.2 Å². The number of nitrogens with two attached hydrogens (primary N) is 1. The van der Waals surface area contributed by atoms with E-state index in [0.29, 0.717) is 11.3 Å². The molecule has 0 saturated carbocycles. The van der Waals surface area contributed by atoms with Crippen LogP contribution >= 0.6 is 11.8 Å². The quantitative estimate of drug-likeness (QED) is 0.131. The highest BCUT2D eigenvalue weighted by molar-refractivity contribution is 7.98. The van der Waals surface area contributed by atoms with E-state index in [2.05, 4.69) is 20.9 Å². The number of hydrogen-bond acceptors (Lipinski definition) is 8. The molecule has 2 aromatic rings. The van der Waals surface area contributed by atoms with E-state index in [4.69, 9.17) is 10.8 Å². The summed E-state index contributed by atoms with van der Waals surface area (Å²) >= 11 is 1.43. The number of fused-ring (bicyclic) bond motifs is 1. The van der Waals surface area contributed by atoms with E-state index >= 15 is 0 Å². The van der Waals surface area contributed by atoms with Crippen LogP contribution in [0.25, 0.3) is 10.9 Å². The van der Waals surface area contributed by atoms with Gasteiger partial charge in [0, 0.05) is 29.9 Å². The first kappa shape index (κ1) is 31.6. The van der Waals surface area contributed by atoms with Crippen LogP contribution in [0.4, 0.5) is 0 Å². The molecule has 2 rings (SSSR count). The summed E-state index contributed by atoms with van der Waals surface area (Å²) in [5.74, 6) is -4.43.